The summed E-state index contributed by atoms with van der Waals surface area (Å²) in [7, 11) is 0. The summed E-state index contributed by atoms with van der Waals surface area (Å²) >= 11 is 4.37. The van der Waals surface area contributed by atoms with Crippen molar-refractivity contribution in [3.8, 4) is 0 Å². The van der Waals surface area contributed by atoms with E-state index in [1.54, 1.807) is 0 Å². The molecule has 0 rings (SSSR count). The van der Waals surface area contributed by atoms with Crippen molar-refractivity contribution in [1.82, 2.24) is 0 Å². The Morgan fingerprint density at radius 3 is 2.40 bits per heavy atom. The van der Waals surface area contributed by atoms with Crippen molar-refractivity contribution >= 4 is 12.6 Å². The van der Waals surface area contributed by atoms with Crippen molar-refractivity contribution in [1.29, 1.82) is 0 Å². The van der Waals surface area contributed by atoms with Crippen LogP contribution in [0, 0.1) is 6.42 Å². The summed E-state index contributed by atoms with van der Waals surface area (Å²) in [5, 5.41) is 0. The van der Waals surface area contributed by atoms with Gasteiger partial charge in [0.1, 0.15) is 0 Å². The van der Waals surface area contributed by atoms with Gasteiger partial charge in [0.2, 0.25) is 0 Å². The maximum atomic E-state index is 5.80. The highest BCUT2D eigenvalue weighted by Crippen LogP contribution is 2.18. The topological polar surface area (TPSA) is 26.0 Å². The summed E-state index contributed by atoms with van der Waals surface area (Å²) < 4.78 is -0.0742. The smallest absolute Gasteiger partial charge is 0.0227 e. The summed E-state index contributed by atoms with van der Waals surface area (Å²) in [5.74, 6) is 0. The normalized spacial score (nSPS) is 15.3. The zero-order valence-corrected chi connectivity index (χ0v) is 7.99. The molecule has 0 aromatic heterocycles. The second-order valence-electron chi connectivity index (χ2n) is 3.20. The van der Waals surface area contributed by atoms with Crippen LogP contribution in [0.2, 0.25) is 0 Å². The number of hydrogen-bond donors (Lipinski definition) is 2. The molecule has 1 nitrogen and oxygen atoms in total. The van der Waals surface area contributed by atoms with Crippen molar-refractivity contribution in [3.05, 3.63) is 6.42 Å². The molecule has 0 aliphatic rings. The largest absolute Gasteiger partial charge is 0.326 e. The number of hydrogen-bond acceptors (Lipinski definition) is 2. The summed E-state index contributed by atoms with van der Waals surface area (Å²) in [6, 6.07) is 0.107. The van der Waals surface area contributed by atoms with E-state index in [0.29, 0.717) is 0 Å². The Labute approximate surface area is 69.8 Å². The first-order valence-corrected chi connectivity index (χ1v) is 4.24. The maximum Gasteiger partial charge on any atom is 0.0227 e. The van der Waals surface area contributed by atoms with Crippen LogP contribution < -0.4 is 5.73 Å². The number of thiol groups is 1. The zero-order valence-electron chi connectivity index (χ0n) is 7.09. The highest BCUT2D eigenvalue weighted by molar-refractivity contribution is 7.81. The Bertz CT molecular complexity index is 85.7. The lowest BCUT2D eigenvalue weighted by molar-refractivity contribution is 0.575. The van der Waals surface area contributed by atoms with Crippen LogP contribution in [-0.2, 0) is 0 Å². The van der Waals surface area contributed by atoms with Gasteiger partial charge < -0.3 is 5.73 Å². The standard InChI is InChI=1S/C8H18NS/c1-4-5-6-7(9)8(2,3)10/h6-7,10H,4-5,9H2,1-3H3. The van der Waals surface area contributed by atoms with Crippen molar-refractivity contribution in [2.75, 3.05) is 0 Å². The molecule has 1 atom stereocenters. The SMILES string of the molecule is CCC[CH]C(N)C(C)(C)S. The van der Waals surface area contributed by atoms with Crippen molar-refractivity contribution in [3.63, 3.8) is 0 Å². The van der Waals surface area contributed by atoms with Gasteiger partial charge in [-0.3, -0.25) is 0 Å². The molecule has 0 aromatic rings. The van der Waals surface area contributed by atoms with Gasteiger partial charge in [-0.05, 0) is 26.7 Å². The number of nitrogens with two attached hydrogens (primary N) is 1. The molecule has 2 heteroatoms. The van der Waals surface area contributed by atoms with Gasteiger partial charge in [-0.25, -0.2) is 0 Å². The molecule has 10 heavy (non-hydrogen) atoms. The van der Waals surface area contributed by atoms with Crippen LogP contribution in [0.15, 0.2) is 0 Å². The fraction of sp³-hybridized carbons (Fsp3) is 0.875. The minimum absolute atomic E-state index is 0.0742. The van der Waals surface area contributed by atoms with Crippen LogP contribution >= 0.6 is 12.6 Å². The third-order valence-electron chi connectivity index (χ3n) is 1.53. The van der Waals surface area contributed by atoms with Gasteiger partial charge >= 0.3 is 0 Å². The van der Waals surface area contributed by atoms with Crippen LogP contribution in [0.4, 0.5) is 0 Å². The molecular weight excluding hydrogens is 142 g/mol. The van der Waals surface area contributed by atoms with E-state index in [1.165, 1.54) is 0 Å². The van der Waals surface area contributed by atoms with Gasteiger partial charge in [-0.1, -0.05) is 13.3 Å². The molecule has 0 aliphatic heterocycles. The zero-order chi connectivity index (χ0) is 8.20. The first-order chi connectivity index (χ1) is 4.48. The van der Waals surface area contributed by atoms with Gasteiger partial charge in [0, 0.05) is 10.8 Å². The predicted molar refractivity (Wildman–Crippen MR) is 50.2 cm³/mol. The molecule has 0 bridgehead atoms. The van der Waals surface area contributed by atoms with Crippen molar-refractivity contribution < 1.29 is 0 Å². The maximum absolute atomic E-state index is 5.80. The summed E-state index contributed by atoms with van der Waals surface area (Å²) in [4.78, 5) is 0. The van der Waals surface area contributed by atoms with Gasteiger partial charge in [-0.2, -0.15) is 12.6 Å². The van der Waals surface area contributed by atoms with Crippen LogP contribution in [-0.4, -0.2) is 10.8 Å². The highest BCUT2D eigenvalue weighted by atomic mass is 32.1. The molecule has 0 saturated carbocycles. The Morgan fingerprint density at radius 1 is 1.60 bits per heavy atom. The average Bonchev–Trinajstić information content (AvgIpc) is 1.80. The van der Waals surface area contributed by atoms with Crippen LogP contribution in [0.25, 0.3) is 0 Å². The summed E-state index contributed by atoms with van der Waals surface area (Å²) in [5.41, 5.74) is 5.80. The van der Waals surface area contributed by atoms with Gasteiger partial charge in [-0.15, -0.1) is 0 Å². The number of unbranched alkanes of at least 4 members (excludes halogenated alkanes) is 1. The molecule has 0 fully saturated rings. The summed E-state index contributed by atoms with van der Waals surface area (Å²) in [6.07, 6.45) is 4.38. The molecule has 0 aliphatic carbocycles. The van der Waals surface area contributed by atoms with Gasteiger partial charge in [0.05, 0.1) is 0 Å². The van der Waals surface area contributed by atoms with E-state index in [-0.39, 0.29) is 10.8 Å². The van der Waals surface area contributed by atoms with Gasteiger partial charge in [0.15, 0.2) is 0 Å². The Hall–Kier alpha value is 0.310. The molecule has 1 radical (unpaired) electrons. The van der Waals surface area contributed by atoms with E-state index < -0.39 is 0 Å². The molecule has 1 unspecified atom stereocenters. The lowest BCUT2D eigenvalue weighted by Crippen LogP contribution is -2.38. The van der Waals surface area contributed by atoms with E-state index in [0.717, 1.165) is 12.8 Å². The molecule has 0 saturated heterocycles. The van der Waals surface area contributed by atoms with Crippen molar-refractivity contribution in [2.45, 2.75) is 44.4 Å². The van der Waals surface area contributed by atoms with E-state index in [9.17, 15) is 0 Å². The molecule has 61 valence electrons. The minimum atomic E-state index is -0.0742. The molecule has 0 spiro atoms. The lowest BCUT2D eigenvalue weighted by Gasteiger charge is -2.25. The second-order valence-corrected chi connectivity index (χ2v) is 4.36. The fourth-order valence-corrected chi connectivity index (χ4v) is 0.740. The summed E-state index contributed by atoms with van der Waals surface area (Å²) in [6.45, 7) is 6.22. The monoisotopic (exact) mass is 160 g/mol. The van der Waals surface area contributed by atoms with E-state index in [1.807, 2.05) is 13.8 Å². The molecule has 0 aromatic carbocycles. The van der Waals surface area contributed by atoms with Crippen LogP contribution in [0.1, 0.15) is 33.6 Å². The van der Waals surface area contributed by atoms with E-state index in [2.05, 4.69) is 26.0 Å². The Kier molecular flexibility index (Phi) is 4.37. The highest BCUT2D eigenvalue weighted by Gasteiger charge is 2.20. The third kappa shape index (κ3) is 4.18. The van der Waals surface area contributed by atoms with Crippen LogP contribution in [0.3, 0.4) is 0 Å². The van der Waals surface area contributed by atoms with Gasteiger partial charge in [0.25, 0.3) is 0 Å². The number of rotatable bonds is 4. The predicted octanol–water partition coefficient (Wildman–Crippen LogP) is 2.03. The Balaban J connectivity index is 3.52. The lowest BCUT2D eigenvalue weighted by atomic mass is 9.99. The second kappa shape index (κ2) is 4.24. The minimum Gasteiger partial charge on any atom is -0.326 e. The first-order valence-electron chi connectivity index (χ1n) is 3.79. The molecule has 0 amide bonds. The molecular formula is C8H18NS. The first kappa shape index (κ1) is 10.3. The Morgan fingerprint density at radius 2 is 2.10 bits per heavy atom. The van der Waals surface area contributed by atoms with E-state index >= 15 is 0 Å². The quantitative estimate of drug-likeness (QED) is 0.605. The third-order valence-corrected chi connectivity index (χ3v) is 1.82. The van der Waals surface area contributed by atoms with E-state index in [4.69, 9.17) is 5.73 Å². The average molecular weight is 160 g/mol. The fourth-order valence-electron chi connectivity index (χ4n) is 0.635. The molecule has 0 heterocycles. The van der Waals surface area contributed by atoms with Crippen molar-refractivity contribution in [2.24, 2.45) is 5.73 Å². The van der Waals surface area contributed by atoms with Crippen LogP contribution in [0.5, 0.6) is 0 Å². The molecule has 2 N–H and O–H groups in total.